The number of nitrogens with zero attached hydrogens (tertiary/aromatic N) is 3. The average Bonchev–Trinajstić information content (AvgIpc) is 3.47. The summed E-state index contributed by atoms with van der Waals surface area (Å²) in [5.41, 5.74) is 10.2. The first kappa shape index (κ1) is 27.1. The monoisotopic (exact) mass is 534 g/mol. The van der Waals surface area contributed by atoms with E-state index in [9.17, 15) is 5.11 Å². The first-order chi connectivity index (χ1) is 19.1. The number of nitrogens with one attached hydrogen (secondary N) is 5. The Hall–Kier alpha value is -3.47. The lowest BCUT2D eigenvalue weighted by Gasteiger charge is -2.34. The van der Waals surface area contributed by atoms with Crippen molar-refractivity contribution in [2.75, 3.05) is 52.9 Å². The molecule has 1 aromatic heterocycles. The average molecular weight is 535 g/mol. The molecule has 3 aliphatic heterocycles. The molecule has 4 heterocycles. The molecule has 39 heavy (non-hydrogen) atoms. The van der Waals surface area contributed by atoms with Gasteiger partial charge in [-0.25, -0.2) is 4.98 Å². The summed E-state index contributed by atoms with van der Waals surface area (Å²) in [5.74, 6) is 1.77. The molecule has 2 unspecified atom stereocenters. The molecular formula is C29H42N8O2. The van der Waals surface area contributed by atoms with Crippen LogP contribution < -0.4 is 31.5 Å². The normalized spacial score (nSPS) is 21.6. The highest BCUT2D eigenvalue weighted by molar-refractivity contribution is 5.72. The van der Waals surface area contributed by atoms with Crippen LogP contribution in [0.3, 0.4) is 0 Å². The van der Waals surface area contributed by atoms with Gasteiger partial charge in [-0.1, -0.05) is 12.1 Å². The zero-order valence-electron chi connectivity index (χ0n) is 23.0. The molecule has 2 atom stereocenters. The van der Waals surface area contributed by atoms with Gasteiger partial charge in [-0.2, -0.15) is 0 Å². The summed E-state index contributed by atoms with van der Waals surface area (Å²) in [5, 5.41) is 20.9. The standard InChI is InChI=1S/C29H42N8O2/c1-21-18-31-12-13-36(21)14-15-39-28-16-22(9-11-33-28)19-37(20-23-6-5-10-32-23)26-17-25(34-35-29(26)30-2)24-7-3-4-8-27(24)38/h3-4,7-9,11,16-17,21,23,30-32,34-35,38H,5-6,10,12-15,18-20H2,1-2H3. The predicted molar refractivity (Wildman–Crippen MR) is 154 cm³/mol. The molecule has 6 N–H and O–H groups in total. The molecule has 0 saturated carbocycles. The van der Waals surface area contributed by atoms with Crippen molar-refractivity contribution in [3.05, 3.63) is 71.3 Å². The van der Waals surface area contributed by atoms with Gasteiger partial charge in [-0.05, 0) is 56.1 Å². The highest BCUT2D eigenvalue weighted by Gasteiger charge is 2.24. The van der Waals surface area contributed by atoms with E-state index in [2.05, 4.69) is 66.7 Å². The van der Waals surface area contributed by atoms with E-state index < -0.39 is 0 Å². The van der Waals surface area contributed by atoms with Gasteiger partial charge in [0.05, 0.1) is 11.4 Å². The van der Waals surface area contributed by atoms with Gasteiger partial charge < -0.3 is 30.7 Å². The number of phenolic OH excluding ortho intramolecular Hbond substituents is 1. The first-order valence-corrected chi connectivity index (χ1v) is 14.1. The Kier molecular flexibility index (Phi) is 9.08. The summed E-state index contributed by atoms with van der Waals surface area (Å²) in [6.07, 6.45) is 6.27. The zero-order valence-corrected chi connectivity index (χ0v) is 23.0. The minimum Gasteiger partial charge on any atom is -0.507 e. The number of ether oxygens (including phenoxy) is 1. The summed E-state index contributed by atoms with van der Waals surface area (Å²) in [6, 6.07) is 12.4. The number of phenols is 1. The maximum atomic E-state index is 10.5. The Labute approximate surface area is 231 Å². The van der Waals surface area contributed by atoms with Gasteiger partial charge in [0.1, 0.15) is 18.2 Å². The van der Waals surface area contributed by atoms with Gasteiger partial charge in [0.25, 0.3) is 0 Å². The van der Waals surface area contributed by atoms with Crippen molar-refractivity contribution in [2.45, 2.75) is 38.4 Å². The van der Waals surface area contributed by atoms with Crippen molar-refractivity contribution in [1.82, 2.24) is 41.6 Å². The van der Waals surface area contributed by atoms with Crippen LogP contribution in [0, 0.1) is 0 Å². The maximum absolute atomic E-state index is 10.5. The summed E-state index contributed by atoms with van der Waals surface area (Å²) in [4.78, 5) is 9.32. The predicted octanol–water partition coefficient (Wildman–Crippen LogP) is 1.55. The molecule has 2 aromatic rings. The molecular weight excluding hydrogens is 492 g/mol. The minimum absolute atomic E-state index is 0.237. The number of para-hydroxylation sites is 1. The quantitative estimate of drug-likeness (QED) is 0.254. The molecule has 0 amide bonds. The summed E-state index contributed by atoms with van der Waals surface area (Å²) in [6.45, 7) is 9.46. The van der Waals surface area contributed by atoms with Crippen molar-refractivity contribution in [3.63, 3.8) is 0 Å². The number of piperazine rings is 1. The fourth-order valence-corrected chi connectivity index (χ4v) is 5.48. The summed E-state index contributed by atoms with van der Waals surface area (Å²) < 4.78 is 6.10. The van der Waals surface area contributed by atoms with Crippen molar-refractivity contribution in [2.24, 2.45) is 0 Å². The van der Waals surface area contributed by atoms with Gasteiger partial charge in [-0.15, -0.1) is 0 Å². The highest BCUT2D eigenvalue weighted by Crippen LogP contribution is 2.28. The number of allylic oxidation sites excluding steroid dienone is 1. The fraction of sp³-hybridized carbons (Fsp3) is 0.483. The maximum Gasteiger partial charge on any atom is 0.213 e. The second-order valence-corrected chi connectivity index (χ2v) is 10.4. The van der Waals surface area contributed by atoms with Crippen LogP contribution in [-0.2, 0) is 6.54 Å². The van der Waals surface area contributed by atoms with E-state index in [4.69, 9.17) is 4.74 Å². The molecule has 5 rings (SSSR count). The van der Waals surface area contributed by atoms with E-state index in [-0.39, 0.29) is 5.75 Å². The van der Waals surface area contributed by atoms with Crippen LogP contribution >= 0.6 is 0 Å². The largest absolute Gasteiger partial charge is 0.507 e. The van der Waals surface area contributed by atoms with Gasteiger partial charge in [-0.3, -0.25) is 15.8 Å². The van der Waals surface area contributed by atoms with Crippen molar-refractivity contribution in [3.8, 4) is 11.6 Å². The molecule has 3 aliphatic rings. The van der Waals surface area contributed by atoms with E-state index in [0.717, 1.165) is 74.0 Å². The Morgan fingerprint density at radius 2 is 2.10 bits per heavy atom. The van der Waals surface area contributed by atoms with Crippen molar-refractivity contribution < 1.29 is 9.84 Å². The van der Waals surface area contributed by atoms with Crippen LogP contribution in [0.4, 0.5) is 0 Å². The van der Waals surface area contributed by atoms with Crippen LogP contribution in [0.25, 0.3) is 5.70 Å². The number of rotatable bonds is 11. The highest BCUT2D eigenvalue weighted by atomic mass is 16.5. The molecule has 10 nitrogen and oxygen atoms in total. The third-order valence-corrected chi connectivity index (χ3v) is 7.69. The molecule has 0 aliphatic carbocycles. The molecule has 0 spiro atoms. The SMILES string of the molecule is CNC1=C(N(Cc2ccnc(OCCN3CCNCC3C)c2)CC2CCCN2)C=C(c2ccccc2O)NN1. The molecule has 210 valence electrons. The number of aromatic nitrogens is 1. The van der Waals surface area contributed by atoms with Crippen LogP contribution in [0.15, 0.2) is 60.2 Å². The Bertz CT molecular complexity index is 1160. The Balaban J connectivity index is 1.34. The Morgan fingerprint density at radius 1 is 1.21 bits per heavy atom. The van der Waals surface area contributed by atoms with Gasteiger partial charge in [0.2, 0.25) is 5.88 Å². The van der Waals surface area contributed by atoms with Gasteiger partial charge in [0, 0.05) is 76.2 Å². The fourth-order valence-electron chi connectivity index (χ4n) is 5.48. The summed E-state index contributed by atoms with van der Waals surface area (Å²) in [7, 11) is 1.91. The summed E-state index contributed by atoms with van der Waals surface area (Å²) >= 11 is 0. The van der Waals surface area contributed by atoms with Crippen LogP contribution in [-0.4, -0.2) is 84.9 Å². The number of hydrazine groups is 1. The molecule has 0 bridgehead atoms. The number of aromatic hydroxyl groups is 1. The van der Waals surface area contributed by atoms with Crippen molar-refractivity contribution >= 4 is 5.70 Å². The molecule has 10 heteroatoms. The lowest BCUT2D eigenvalue weighted by Crippen LogP contribution is -2.50. The number of pyridine rings is 1. The lowest BCUT2D eigenvalue weighted by atomic mass is 10.1. The number of hydrogen-bond acceptors (Lipinski definition) is 10. The van der Waals surface area contributed by atoms with E-state index in [1.165, 1.54) is 6.42 Å². The van der Waals surface area contributed by atoms with Crippen LogP contribution in [0.2, 0.25) is 0 Å². The first-order valence-electron chi connectivity index (χ1n) is 14.1. The van der Waals surface area contributed by atoms with Gasteiger partial charge >= 0.3 is 0 Å². The second kappa shape index (κ2) is 13.1. The smallest absolute Gasteiger partial charge is 0.213 e. The third kappa shape index (κ3) is 6.95. The number of hydrogen-bond donors (Lipinski definition) is 6. The lowest BCUT2D eigenvalue weighted by molar-refractivity contribution is 0.141. The van der Waals surface area contributed by atoms with Crippen molar-refractivity contribution in [1.29, 1.82) is 0 Å². The molecule has 1 aromatic carbocycles. The molecule has 2 saturated heterocycles. The Morgan fingerprint density at radius 3 is 2.90 bits per heavy atom. The van der Waals surface area contributed by atoms with E-state index in [1.54, 1.807) is 6.07 Å². The minimum atomic E-state index is 0.237. The van der Waals surface area contributed by atoms with Gasteiger partial charge in [0.15, 0.2) is 0 Å². The topological polar surface area (TPSA) is 109 Å². The molecule has 2 fully saturated rings. The third-order valence-electron chi connectivity index (χ3n) is 7.69. The zero-order chi connectivity index (χ0) is 27.0. The van der Waals surface area contributed by atoms with E-state index in [1.807, 2.05) is 31.4 Å². The van der Waals surface area contributed by atoms with Crippen LogP contribution in [0.5, 0.6) is 11.6 Å². The second-order valence-electron chi connectivity index (χ2n) is 10.4. The molecule has 0 radical (unpaired) electrons. The van der Waals surface area contributed by atoms with E-state index >= 15 is 0 Å². The van der Waals surface area contributed by atoms with Crippen LogP contribution in [0.1, 0.15) is 30.9 Å². The number of benzene rings is 1. The van der Waals surface area contributed by atoms with E-state index in [0.29, 0.717) is 31.1 Å².